The summed E-state index contributed by atoms with van der Waals surface area (Å²) in [5.41, 5.74) is 4.17. The highest BCUT2D eigenvalue weighted by Gasteiger charge is 2.31. The highest BCUT2D eigenvalue weighted by Crippen LogP contribution is 2.25. The topological polar surface area (TPSA) is 96.0 Å². The third-order valence-electron chi connectivity index (χ3n) is 7.94. The second-order valence-electron chi connectivity index (χ2n) is 10.4. The van der Waals surface area contributed by atoms with Gasteiger partial charge in [-0.3, -0.25) is 14.7 Å². The zero-order valence-corrected chi connectivity index (χ0v) is 21.3. The van der Waals surface area contributed by atoms with Crippen LogP contribution in [0.25, 0.3) is 17.0 Å². The molecule has 2 aromatic carbocycles. The van der Waals surface area contributed by atoms with Crippen molar-refractivity contribution in [1.82, 2.24) is 24.6 Å². The van der Waals surface area contributed by atoms with Gasteiger partial charge in [-0.15, -0.1) is 0 Å². The molecule has 0 saturated carbocycles. The molecule has 4 aromatic rings. The van der Waals surface area contributed by atoms with E-state index in [2.05, 4.69) is 15.1 Å². The van der Waals surface area contributed by atoms with Gasteiger partial charge >= 0.3 is 0 Å². The van der Waals surface area contributed by atoms with Gasteiger partial charge in [0.05, 0.1) is 23.6 Å². The number of hydrogen-bond acceptors (Lipinski definition) is 4. The summed E-state index contributed by atoms with van der Waals surface area (Å²) >= 11 is 0. The number of fused-ring (bicyclic) bond motifs is 1. The van der Waals surface area contributed by atoms with Gasteiger partial charge in [0.2, 0.25) is 11.9 Å². The van der Waals surface area contributed by atoms with Crippen molar-refractivity contribution in [2.75, 3.05) is 26.3 Å². The number of likely N-dealkylation sites (tertiary alicyclic amines) is 1. The number of ether oxygens (including phenoxy) is 1. The van der Waals surface area contributed by atoms with Gasteiger partial charge in [0, 0.05) is 31.0 Å². The second-order valence-corrected chi connectivity index (χ2v) is 10.4. The lowest BCUT2D eigenvalue weighted by Gasteiger charge is -2.33. The summed E-state index contributed by atoms with van der Waals surface area (Å²) in [5, 5.41) is 3.35. The van der Waals surface area contributed by atoms with Crippen LogP contribution in [0.3, 0.4) is 0 Å². The molecule has 0 bridgehead atoms. The van der Waals surface area contributed by atoms with Gasteiger partial charge in [-0.05, 0) is 74.3 Å². The third kappa shape index (κ3) is 5.03. The molecule has 8 nitrogen and oxygen atoms in total. The predicted octanol–water partition coefficient (Wildman–Crippen LogP) is 3.78. The molecule has 198 valence electrons. The number of nitrogens with zero attached hydrogens (tertiary/aromatic N) is 3. The number of hydrogen-bond donors (Lipinski definition) is 2. The van der Waals surface area contributed by atoms with E-state index < -0.39 is 0 Å². The molecule has 9 heteroatoms. The van der Waals surface area contributed by atoms with Gasteiger partial charge in [-0.25, -0.2) is 9.37 Å². The van der Waals surface area contributed by atoms with Crippen molar-refractivity contribution in [1.29, 1.82) is 0 Å². The minimum atomic E-state index is -0.270. The molecule has 38 heavy (non-hydrogen) atoms. The van der Waals surface area contributed by atoms with Crippen LogP contribution in [-0.2, 0) is 28.8 Å². The SMILES string of the molecule is O=C(C1CCOC1)N1CCC(Cc2[nH]n(-c3nc4ccccc4[nH]3)c(=O)c2CCc2ccc(F)cc2)CC1. The normalized spacial score (nSPS) is 18.4. The Morgan fingerprint density at radius 2 is 1.84 bits per heavy atom. The molecule has 2 aliphatic heterocycles. The summed E-state index contributed by atoms with van der Waals surface area (Å²) in [6.45, 7) is 2.68. The van der Waals surface area contributed by atoms with Gasteiger partial charge < -0.3 is 14.6 Å². The minimum absolute atomic E-state index is 0.00110. The molecule has 0 radical (unpaired) electrons. The number of nitrogens with one attached hydrogen (secondary N) is 2. The molecule has 1 atom stereocenters. The summed E-state index contributed by atoms with van der Waals surface area (Å²) in [6.07, 6.45) is 4.52. The van der Waals surface area contributed by atoms with Crippen molar-refractivity contribution in [2.24, 2.45) is 11.8 Å². The molecule has 2 fully saturated rings. The standard InChI is InChI=1S/C29H32FN5O3/c30-22-8-5-19(6-9-22)7-10-23-26(17-20-11-14-34(15-12-20)27(36)21-13-16-38-18-21)33-35(28(23)37)29-31-24-3-1-2-4-25(24)32-29/h1-6,8-9,20-21,33H,7,10-18H2,(H,31,32). The van der Waals surface area contributed by atoms with E-state index in [1.165, 1.54) is 16.8 Å². The monoisotopic (exact) mass is 517 g/mol. The largest absolute Gasteiger partial charge is 0.381 e. The summed E-state index contributed by atoms with van der Waals surface area (Å²) in [5.74, 6) is 0.771. The minimum Gasteiger partial charge on any atom is -0.381 e. The maximum atomic E-state index is 13.6. The molecule has 1 amide bonds. The van der Waals surface area contributed by atoms with E-state index in [-0.39, 0.29) is 23.2 Å². The number of piperidine rings is 1. The fourth-order valence-electron chi connectivity index (χ4n) is 5.69. The summed E-state index contributed by atoms with van der Waals surface area (Å²) < 4.78 is 20.3. The Morgan fingerprint density at radius 3 is 2.58 bits per heavy atom. The molecule has 2 N–H and O–H groups in total. The van der Waals surface area contributed by atoms with Gasteiger partial charge in [0.25, 0.3) is 5.56 Å². The van der Waals surface area contributed by atoms with Crippen LogP contribution in [0, 0.1) is 17.7 Å². The van der Waals surface area contributed by atoms with Crippen molar-refractivity contribution in [3.8, 4) is 5.95 Å². The second kappa shape index (κ2) is 10.6. The molecule has 0 spiro atoms. The van der Waals surface area contributed by atoms with Crippen LogP contribution in [0.1, 0.15) is 36.1 Å². The van der Waals surface area contributed by atoms with E-state index in [1.807, 2.05) is 29.2 Å². The molecule has 0 aliphatic carbocycles. The average Bonchev–Trinajstić information content (AvgIpc) is 3.68. The molecule has 6 rings (SSSR count). The molecular formula is C29H32FN5O3. The van der Waals surface area contributed by atoms with E-state index in [0.717, 1.165) is 66.6 Å². The fraction of sp³-hybridized carbons (Fsp3) is 0.414. The number of benzene rings is 2. The van der Waals surface area contributed by atoms with Gasteiger partial charge in [0.1, 0.15) is 5.82 Å². The van der Waals surface area contributed by atoms with Gasteiger partial charge in [-0.2, -0.15) is 4.68 Å². The molecule has 2 saturated heterocycles. The molecule has 2 aliphatic rings. The number of imidazole rings is 1. The number of aromatic amines is 2. The number of aromatic nitrogens is 4. The number of aryl methyl sites for hydroxylation is 1. The smallest absolute Gasteiger partial charge is 0.277 e. The van der Waals surface area contributed by atoms with Crippen LogP contribution in [0.15, 0.2) is 53.3 Å². The maximum Gasteiger partial charge on any atom is 0.277 e. The quantitative estimate of drug-likeness (QED) is 0.390. The van der Waals surface area contributed by atoms with Crippen LogP contribution in [0.5, 0.6) is 0 Å². The Hall–Kier alpha value is -3.72. The van der Waals surface area contributed by atoms with Crippen LogP contribution >= 0.6 is 0 Å². The summed E-state index contributed by atoms with van der Waals surface area (Å²) in [4.78, 5) is 36.3. The average molecular weight is 518 g/mol. The highest BCUT2D eigenvalue weighted by atomic mass is 19.1. The number of carbonyl (C=O) groups is 1. The lowest BCUT2D eigenvalue weighted by atomic mass is 9.89. The van der Waals surface area contributed by atoms with Crippen molar-refractivity contribution >= 4 is 16.9 Å². The number of amides is 1. The maximum absolute atomic E-state index is 13.6. The van der Waals surface area contributed by atoms with Crippen LogP contribution < -0.4 is 5.56 Å². The molecule has 4 heterocycles. The zero-order chi connectivity index (χ0) is 26.1. The van der Waals surface area contributed by atoms with E-state index in [0.29, 0.717) is 37.9 Å². The van der Waals surface area contributed by atoms with Crippen molar-refractivity contribution in [3.63, 3.8) is 0 Å². The molecule has 1 unspecified atom stereocenters. The first-order valence-electron chi connectivity index (χ1n) is 13.4. The van der Waals surface area contributed by atoms with Crippen molar-refractivity contribution < 1.29 is 13.9 Å². The van der Waals surface area contributed by atoms with E-state index in [9.17, 15) is 14.0 Å². The Labute approximate surface area is 219 Å². The van der Waals surface area contributed by atoms with E-state index in [1.54, 1.807) is 12.1 Å². The Bertz CT molecular complexity index is 1440. The number of para-hydroxylation sites is 2. The van der Waals surface area contributed by atoms with E-state index >= 15 is 0 Å². The predicted molar refractivity (Wildman–Crippen MR) is 142 cm³/mol. The lowest BCUT2D eigenvalue weighted by molar-refractivity contribution is -0.136. The van der Waals surface area contributed by atoms with Crippen LogP contribution in [0.4, 0.5) is 4.39 Å². The van der Waals surface area contributed by atoms with Crippen molar-refractivity contribution in [3.05, 3.63) is 81.5 Å². The highest BCUT2D eigenvalue weighted by molar-refractivity contribution is 5.79. The zero-order valence-electron chi connectivity index (χ0n) is 21.3. The first-order chi connectivity index (χ1) is 18.5. The van der Waals surface area contributed by atoms with Crippen molar-refractivity contribution in [2.45, 2.75) is 38.5 Å². The third-order valence-corrected chi connectivity index (χ3v) is 7.94. The van der Waals surface area contributed by atoms with Crippen LogP contribution in [0.2, 0.25) is 0 Å². The number of rotatable bonds is 7. The fourth-order valence-corrected chi connectivity index (χ4v) is 5.69. The molecule has 2 aromatic heterocycles. The van der Waals surface area contributed by atoms with Crippen LogP contribution in [-0.4, -0.2) is 56.9 Å². The Kier molecular flexibility index (Phi) is 6.84. The van der Waals surface area contributed by atoms with Gasteiger partial charge in [0.15, 0.2) is 0 Å². The Balaban J connectivity index is 1.22. The number of H-pyrrole nitrogens is 2. The van der Waals surface area contributed by atoms with E-state index in [4.69, 9.17) is 4.74 Å². The first kappa shape index (κ1) is 24.6. The number of halogens is 1. The lowest BCUT2D eigenvalue weighted by Crippen LogP contribution is -2.42. The van der Waals surface area contributed by atoms with Gasteiger partial charge in [-0.1, -0.05) is 24.3 Å². The first-order valence-corrected chi connectivity index (χ1v) is 13.4. The Morgan fingerprint density at radius 1 is 1.05 bits per heavy atom. The summed E-state index contributed by atoms with van der Waals surface area (Å²) in [7, 11) is 0. The number of carbonyl (C=O) groups excluding carboxylic acids is 1. The molecular weight excluding hydrogens is 485 g/mol. The summed E-state index contributed by atoms with van der Waals surface area (Å²) in [6, 6.07) is 14.1.